The first-order valence-corrected chi connectivity index (χ1v) is 6.72. The van der Waals surface area contributed by atoms with Crippen molar-refractivity contribution in [1.29, 1.82) is 0 Å². The summed E-state index contributed by atoms with van der Waals surface area (Å²) in [5, 5.41) is 3.61. The zero-order valence-corrected chi connectivity index (χ0v) is 11.3. The van der Waals surface area contributed by atoms with Gasteiger partial charge >= 0.3 is 0 Å². The van der Waals surface area contributed by atoms with Crippen LogP contribution in [0.4, 0.5) is 0 Å². The quantitative estimate of drug-likeness (QED) is 0.870. The summed E-state index contributed by atoms with van der Waals surface area (Å²) in [6.45, 7) is 0.897. The summed E-state index contributed by atoms with van der Waals surface area (Å²) < 4.78 is 10.7. The van der Waals surface area contributed by atoms with Crippen molar-refractivity contribution in [1.82, 2.24) is 5.32 Å². The largest absolute Gasteiger partial charge is 0.497 e. The lowest BCUT2D eigenvalue weighted by Gasteiger charge is -2.31. The van der Waals surface area contributed by atoms with Crippen molar-refractivity contribution >= 4 is 0 Å². The maximum Gasteiger partial charge on any atom is 0.118 e. The molecule has 1 aromatic carbocycles. The molecule has 3 heteroatoms. The fourth-order valence-corrected chi connectivity index (χ4v) is 2.60. The van der Waals surface area contributed by atoms with Crippen molar-refractivity contribution in [3.05, 3.63) is 29.8 Å². The van der Waals surface area contributed by atoms with Crippen LogP contribution in [0.3, 0.4) is 0 Å². The van der Waals surface area contributed by atoms with E-state index in [1.807, 2.05) is 19.2 Å². The Balaban J connectivity index is 1.85. The van der Waals surface area contributed by atoms with Gasteiger partial charge in [0.2, 0.25) is 0 Å². The third-order valence-corrected chi connectivity index (χ3v) is 3.73. The summed E-state index contributed by atoms with van der Waals surface area (Å²) in [5.74, 6) is 0.909. The molecule has 1 N–H and O–H groups in total. The van der Waals surface area contributed by atoms with Gasteiger partial charge in [0, 0.05) is 19.7 Å². The average Bonchev–Trinajstić information content (AvgIpc) is 2.46. The SMILES string of the molecule is COc1ccc(CN[C@@H]2CCCC[C@H]2OC)cc1. The van der Waals surface area contributed by atoms with E-state index in [-0.39, 0.29) is 0 Å². The van der Waals surface area contributed by atoms with Crippen LogP contribution in [0.25, 0.3) is 0 Å². The van der Waals surface area contributed by atoms with Gasteiger partial charge in [0.25, 0.3) is 0 Å². The molecular weight excluding hydrogens is 226 g/mol. The Bertz CT molecular complexity index is 350. The van der Waals surface area contributed by atoms with Gasteiger partial charge in [0.1, 0.15) is 5.75 Å². The number of benzene rings is 1. The third kappa shape index (κ3) is 3.47. The van der Waals surface area contributed by atoms with Crippen molar-refractivity contribution in [2.24, 2.45) is 0 Å². The van der Waals surface area contributed by atoms with E-state index in [1.54, 1.807) is 7.11 Å². The van der Waals surface area contributed by atoms with E-state index in [9.17, 15) is 0 Å². The van der Waals surface area contributed by atoms with Gasteiger partial charge in [-0.3, -0.25) is 0 Å². The number of rotatable bonds is 5. The van der Waals surface area contributed by atoms with E-state index < -0.39 is 0 Å². The van der Waals surface area contributed by atoms with E-state index in [1.165, 1.54) is 31.2 Å². The zero-order valence-electron chi connectivity index (χ0n) is 11.3. The second-order valence-corrected chi connectivity index (χ2v) is 4.89. The molecule has 2 rings (SSSR count). The van der Waals surface area contributed by atoms with Gasteiger partial charge in [-0.25, -0.2) is 0 Å². The Morgan fingerprint density at radius 3 is 2.50 bits per heavy atom. The average molecular weight is 249 g/mol. The van der Waals surface area contributed by atoms with Gasteiger partial charge in [0.05, 0.1) is 13.2 Å². The topological polar surface area (TPSA) is 30.5 Å². The molecule has 0 unspecified atom stereocenters. The molecule has 1 aliphatic carbocycles. The fraction of sp³-hybridized carbons (Fsp3) is 0.600. The summed E-state index contributed by atoms with van der Waals surface area (Å²) in [6, 6.07) is 8.72. The maximum absolute atomic E-state index is 5.55. The lowest BCUT2D eigenvalue weighted by Crippen LogP contribution is -2.42. The predicted octanol–water partition coefficient (Wildman–Crippen LogP) is 2.74. The molecule has 1 aromatic rings. The van der Waals surface area contributed by atoms with Crippen molar-refractivity contribution in [2.75, 3.05) is 14.2 Å². The van der Waals surface area contributed by atoms with Gasteiger partial charge in [0.15, 0.2) is 0 Å². The van der Waals surface area contributed by atoms with Crippen molar-refractivity contribution in [3.8, 4) is 5.75 Å². The third-order valence-electron chi connectivity index (χ3n) is 3.73. The molecule has 0 aliphatic heterocycles. The lowest BCUT2D eigenvalue weighted by atomic mass is 9.92. The molecule has 0 radical (unpaired) electrons. The Hall–Kier alpha value is -1.06. The molecule has 0 amide bonds. The normalized spacial score (nSPS) is 23.9. The molecule has 0 heterocycles. The van der Waals surface area contributed by atoms with Gasteiger partial charge in [-0.2, -0.15) is 0 Å². The summed E-state index contributed by atoms with van der Waals surface area (Å²) in [4.78, 5) is 0. The molecule has 2 atom stereocenters. The summed E-state index contributed by atoms with van der Waals surface area (Å²) >= 11 is 0. The highest BCUT2D eigenvalue weighted by molar-refractivity contribution is 5.27. The van der Waals surface area contributed by atoms with E-state index in [0.717, 1.165) is 12.3 Å². The first-order chi connectivity index (χ1) is 8.83. The molecule has 100 valence electrons. The highest BCUT2D eigenvalue weighted by atomic mass is 16.5. The minimum atomic E-state index is 0.372. The molecule has 18 heavy (non-hydrogen) atoms. The van der Waals surface area contributed by atoms with Gasteiger partial charge in [-0.15, -0.1) is 0 Å². The van der Waals surface area contributed by atoms with Crippen LogP contribution >= 0.6 is 0 Å². The molecule has 1 aliphatic rings. The molecule has 0 aromatic heterocycles. The molecule has 0 bridgehead atoms. The van der Waals surface area contributed by atoms with Crippen LogP contribution in [-0.4, -0.2) is 26.4 Å². The number of hydrogen-bond acceptors (Lipinski definition) is 3. The Kier molecular flexibility index (Phi) is 5.02. The standard InChI is InChI=1S/C15H23NO2/c1-17-13-9-7-12(8-10-13)11-16-14-5-3-4-6-15(14)18-2/h7-10,14-16H,3-6,11H2,1-2H3/t14-,15-/m1/s1. The summed E-state index contributed by atoms with van der Waals surface area (Å²) in [7, 11) is 3.51. The van der Waals surface area contributed by atoms with Crippen LogP contribution < -0.4 is 10.1 Å². The van der Waals surface area contributed by atoms with E-state index in [0.29, 0.717) is 12.1 Å². The Morgan fingerprint density at radius 2 is 1.83 bits per heavy atom. The van der Waals surface area contributed by atoms with Crippen LogP contribution in [0.1, 0.15) is 31.2 Å². The smallest absolute Gasteiger partial charge is 0.118 e. The fourth-order valence-electron chi connectivity index (χ4n) is 2.60. The minimum Gasteiger partial charge on any atom is -0.497 e. The first kappa shape index (κ1) is 13.4. The monoisotopic (exact) mass is 249 g/mol. The van der Waals surface area contributed by atoms with E-state index in [4.69, 9.17) is 9.47 Å². The maximum atomic E-state index is 5.55. The molecular formula is C15H23NO2. The molecule has 0 saturated heterocycles. The summed E-state index contributed by atoms with van der Waals surface area (Å²) in [6.07, 6.45) is 5.36. The van der Waals surface area contributed by atoms with Crippen LogP contribution in [0.5, 0.6) is 5.75 Å². The Morgan fingerprint density at radius 1 is 1.11 bits per heavy atom. The summed E-state index contributed by atoms with van der Waals surface area (Å²) in [5.41, 5.74) is 1.29. The van der Waals surface area contributed by atoms with Crippen molar-refractivity contribution in [3.63, 3.8) is 0 Å². The van der Waals surface area contributed by atoms with Crippen molar-refractivity contribution < 1.29 is 9.47 Å². The lowest BCUT2D eigenvalue weighted by molar-refractivity contribution is 0.0413. The van der Waals surface area contributed by atoms with Crippen LogP contribution in [0.2, 0.25) is 0 Å². The number of ether oxygens (including phenoxy) is 2. The van der Waals surface area contributed by atoms with Crippen molar-refractivity contribution in [2.45, 2.75) is 44.4 Å². The van der Waals surface area contributed by atoms with Gasteiger partial charge in [-0.1, -0.05) is 25.0 Å². The van der Waals surface area contributed by atoms with Crippen LogP contribution in [0.15, 0.2) is 24.3 Å². The van der Waals surface area contributed by atoms with Crippen LogP contribution in [-0.2, 0) is 11.3 Å². The molecule has 1 fully saturated rings. The van der Waals surface area contributed by atoms with Gasteiger partial charge in [-0.05, 0) is 30.5 Å². The number of nitrogens with one attached hydrogen (secondary N) is 1. The number of methoxy groups -OCH3 is 2. The second kappa shape index (κ2) is 6.76. The highest BCUT2D eigenvalue weighted by Gasteiger charge is 2.23. The second-order valence-electron chi connectivity index (χ2n) is 4.89. The highest BCUT2D eigenvalue weighted by Crippen LogP contribution is 2.21. The van der Waals surface area contributed by atoms with E-state index >= 15 is 0 Å². The van der Waals surface area contributed by atoms with Crippen LogP contribution in [0, 0.1) is 0 Å². The molecule has 3 nitrogen and oxygen atoms in total. The predicted molar refractivity (Wildman–Crippen MR) is 72.9 cm³/mol. The molecule has 0 spiro atoms. The number of hydrogen-bond donors (Lipinski definition) is 1. The molecule has 1 saturated carbocycles. The first-order valence-electron chi connectivity index (χ1n) is 6.72. The Labute approximate surface area is 109 Å². The van der Waals surface area contributed by atoms with E-state index in [2.05, 4.69) is 17.4 Å². The zero-order chi connectivity index (χ0) is 12.8. The van der Waals surface area contributed by atoms with Gasteiger partial charge < -0.3 is 14.8 Å². The minimum absolute atomic E-state index is 0.372.